The number of esters is 1. The molecule has 112 valence electrons. The van der Waals surface area contributed by atoms with E-state index in [9.17, 15) is 18.3 Å². The number of hydrogen-bond donors (Lipinski definition) is 1. The fourth-order valence-electron chi connectivity index (χ4n) is 1.80. The normalized spacial score (nSPS) is 11.6. The smallest absolute Gasteiger partial charge is 0.341 e. The van der Waals surface area contributed by atoms with Crippen molar-refractivity contribution in [3.63, 3.8) is 0 Å². The van der Waals surface area contributed by atoms with Crippen LogP contribution in [0.2, 0.25) is 0 Å². The first-order chi connectivity index (χ1) is 9.38. The standard InChI is InChI=1S/C13H19NO5S/c1-4-8-14(5-2)20(17,18)10-6-7-12(15)11(9-10)13(16)19-3/h6-7,9,15H,4-5,8H2,1-3H3. The number of sulfonamides is 1. The van der Waals surface area contributed by atoms with Crippen LogP contribution in [0.15, 0.2) is 23.1 Å². The Morgan fingerprint density at radius 1 is 1.35 bits per heavy atom. The lowest BCUT2D eigenvalue weighted by molar-refractivity contribution is 0.0597. The predicted octanol–water partition coefficient (Wildman–Crippen LogP) is 1.60. The van der Waals surface area contributed by atoms with Crippen molar-refractivity contribution < 1.29 is 23.1 Å². The zero-order valence-corrected chi connectivity index (χ0v) is 12.6. The number of phenolic OH excluding ortho intramolecular Hbond substituents is 1. The number of benzene rings is 1. The number of nitrogens with zero attached hydrogens (tertiary/aromatic N) is 1. The van der Waals surface area contributed by atoms with Gasteiger partial charge in [0.25, 0.3) is 0 Å². The van der Waals surface area contributed by atoms with Gasteiger partial charge in [-0.3, -0.25) is 0 Å². The molecule has 0 radical (unpaired) electrons. The Bertz CT molecular complexity index is 582. The Labute approximate surface area is 119 Å². The molecule has 1 N–H and O–H groups in total. The molecule has 0 saturated carbocycles. The van der Waals surface area contributed by atoms with E-state index in [0.717, 1.165) is 6.07 Å². The van der Waals surface area contributed by atoms with E-state index in [1.165, 1.54) is 23.5 Å². The number of aromatic hydroxyl groups is 1. The average molecular weight is 301 g/mol. The average Bonchev–Trinajstić information content (AvgIpc) is 2.43. The Hall–Kier alpha value is -1.60. The van der Waals surface area contributed by atoms with Crippen molar-refractivity contribution in [2.24, 2.45) is 0 Å². The van der Waals surface area contributed by atoms with Crippen LogP contribution in [0, 0.1) is 0 Å². The molecule has 0 heterocycles. The third-order valence-corrected chi connectivity index (χ3v) is 4.81. The van der Waals surface area contributed by atoms with Crippen LogP contribution < -0.4 is 0 Å². The molecule has 0 aliphatic heterocycles. The van der Waals surface area contributed by atoms with Crippen molar-refractivity contribution >= 4 is 16.0 Å². The van der Waals surface area contributed by atoms with E-state index in [1.54, 1.807) is 6.92 Å². The van der Waals surface area contributed by atoms with Crippen LogP contribution in [-0.4, -0.2) is 44.0 Å². The largest absolute Gasteiger partial charge is 0.507 e. The molecule has 1 aromatic rings. The van der Waals surface area contributed by atoms with E-state index in [0.29, 0.717) is 19.5 Å². The Morgan fingerprint density at radius 2 is 2.00 bits per heavy atom. The van der Waals surface area contributed by atoms with Gasteiger partial charge in [0.15, 0.2) is 0 Å². The first kappa shape index (κ1) is 16.5. The van der Waals surface area contributed by atoms with Gasteiger partial charge in [0.1, 0.15) is 11.3 Å². The second-order valence-electron chi connectivity index (χ2n) is 4.17. The molecule has 0 atom stereocenters. The number of rotatable bonds is 6. The molecule has 1 aromatic carbocycles. The Balaban J connectivity index is 3.29. The highest BCUT2D eigenvalue weighted by Gasteiger charge is 2.24. The fraction of sp³-hybridized carbons (Fsp3) is 0.462. The molecule has 0 aliphatic rings. The number of hydrogen-bond acceptors (Lipinski definition) is 5. The van der Waals surface area contributed by atoms with Crippen LogP contribution >= 0.6 is 0 Å². The molecule has 0 spiro atoms. The quantitative estimate of drug-likeness (QED) is 0.807. The van der Waals surface area contributed by atoms with Gasteiger partial charge >= 0.3 is 5.97 Å². The van der Waals surface area contributed by atoms with Crippen molar-refractivity contribution in [1.29, 1.82) is 0 Å². The fourth-order valence-corrected chi connectivity index (χ4v) is 3.36. The summed E-state index contributed by atoms with van der Waals surface area (Å²) in [6.07, 6.45) is 0.689. The van der Waals surface area contributed by atoms with E-state index in [-0.39, 0.29) is 16.2 Å². The zero-order chi connectivity index (χ0) is 15.3. The lowest BCUT2D eigenvalue weighted by atomic mass is 10.2. The zero-order valence-electron chi connectivity index (χ0n) is 11.8. The summed E-state index contributed by atoms with van der Waals surface area (Å²) < 4.78 is 30.7. The summed E-state index contributed by atoms with van der Waals surface area (Å²) in [6, 6.07) is 3.59. The van der Waals surface area contributed by atoms with Crippen molar-refractivity contribution in [1.82, 2.24) is 4.31 Å². The SMILES string of the molecule is CCCN(CC)S(=O)(=O)c1ccc(O)c(C(=O)OC)c1. The molecule has 0 aromatic heterocycles. The summed E-state index contributed by atoms with van der Waals surface area (Å²) in [4.78, 5) is 11.5. The van der Waals surface area contributed by atoms with Gasteiger partial charge in [0, 0.05) is 13.1 Å². The molecule has 0 saturated heterocycles. The minimum atomic E-state index is -3.68. The number of carbonyl (C=O) groups excluding carboxylic acids is 1. The van der Waals surface area contributed by atoms with Gasteiger partial charge in [0.05, 0.1) is 12.0 Å². The van der Waals surface area contributed by atoms with E-state index in [1.807, 2.05) is 6.92 Å². The summed E-state index contributed by atoms with van der Waals surface area (Å²) in [7, 11) is -2.51. The van der Waals surface area contributed by atoms with Gasteiger partial charge < -0.3 is 9.84 Å². The number of ether oxygens (including phenoxy) is 1. The summed E-state index contributed by atoms with van der Waals surface area (Å²) in [5, 5.41) is 9.59. The summed E-state index contributed by atoms with van der Waals surface area (Å²) >= 11 is 0. The lowest BCUT2D eigenvalue weighted by Crippen LogP contribution is -2.31. The van der Waals surface area contributed by atoms with E-state index in [4.69, 9.17) is 0 Å². The maximum atomic E-state index is 12.4. The van der Waals surface area contributed by atoms with Crippen LogP contribution in [-0.2, 0) is 14.8 Å². The summed E-state index contributed by atoms with van der Waals surface area (Å²) in [6.45, 7) is 4.36. The van der Waals surface area contributed by atoms with Crippen LogP contribution in [0.1, 0.15) is 30.6 Å². The number of phenols is 1. The maximum absolute atomic E-state index is 12.4. The molecule has 0 bridgehead atoms. The third kappa shape index (κ3) is 3.29. The highest BCUT2D eigenvalue weighted by molar-refractivity contribution is 7.89. The van der Waals surface area contributed by atoms with Gasteiger partial charge in [-0.15, -0.1) is 0 Å². The predicted molar refractivity (Wildman–Crippen MR) is 74.2 cm³/mol. The van der Waals surface area contributed by atoms with Crippen molar-refractivity contribution in [2.45, 2.75) is 25.2 Å². The van der Waals surface area contributed by atoms with Crippen LogP contribution in [0.5, 0.6) is 5.75 Å². The van der Waals surface area contributed by atoms with Gasteiger partial charge in [-0.1, -0.05) is 13.8 Å². The van der Waals surface area contributed by atoms with Gasteiger partial charge in [-0.25, -0.2) is 13.2 Å². The molecular weight excluding hydrogens is 282 g/mol. The van der Waals surface area contributed by atoms with Crippen molar-refractivity contribution in [2.75, 3.05) is 20.2 Å². The first-order valence-electron chi connectivity index (χ1n) is 6.29. The summed E-state index contributed by atoms with van der Waals surface area (Å²) in [5.41, 5.74) is -0.166. The first-order valence-corrected chi connectivity index (χ1v) is 7.73. The molecule has 20 heavy (non-hydrogen) atoms. The highest BCUT2D eigenvalue weighted by atomic mass is 32.2. The van der Waals surface area contributed by atoms with Gasteiger partial charge in [-0.2, -0.15) is 4.31 Å². The van der Waals surface area contributed by atoms with Gasteiger partial charge in [-0.05, 0) is 24.6 Å². The van der Waals surface area contributed by atoms with E-state index < -0.39 is 16.0 Å². The molecule has 0 amide bonds. The summed E-state index contributed by atoms with van der Waals surface area (Å²) in [5.74, 6) is -1.09. The second-order valence-corrected chi connectivity index (χ2v) is 6.11. The Kier molecular flexibility index (Phi) is 5.52. The lowest BCUT2D eigenvalue weighted by Gasteiger charge is -2.20. The molecule has 0 aliphatic carbocycles. The third-order valence-electron chi connectivity index (χ3n) is 2.84. The minimum absolute atomic E-state index is 0.0361. The molecule has 0 unspecified atom stereocenters. The van der Waals surface area contributed by atoms with Crippen molar-refractivity contribution in [3.05, 3.63) is 23.8 Å². The Morgan fingerprint density at radius 3 is 2.50 bits per heavy atom. The van der Waals surface area contributed by atoms with Crippen LogP contribution in [0.25, 0.3) is 0 Å². The molecule has 0 fully saturated rings. The molecule has 1 rings (SSSR count). The second kappa shape index (κ2) is 6.71. The van der Waals surface area contributed by atoms with Crippen LogP contribution in [0.4, 0.5) is 0 Å². The highest BCUT2D eigenvalue weighted by Crippen LogP contribution is 2.24. The van der Waals surface area contributed by atoms with Crippen molar-refractivity contribution in [3.8, 4) is 5.75 Å². The molecule has 7 heteroatoms. The number of methoxy groups -OCH3 is 1. The molecular formula is C13H19NO5S. The van der Waals surface area contributed by atoms with Crippen LogP contribution in [0.3, 0.4) is 0 Å². The van der Waals surface area contributed by atoms with Gasteiger partial charge in [0.2, 0.25) is 10.0 Å². The number of carbonyl (C=O) groups is 1. The minimum Gasteiger partial charge on any atom is -0.507 e. The topological polar surface area (TPSA) is 83.9 Å². The maximum Gasteiger partial charge on any atom is 0.341 e. The monoisotopic (exact) mass is 301 g/mol. The van der Waals surface area contributed by atoms with E-state index in [2.05, 4.69) is 4.74 Å². The molecule has 6 nitrogen and oxygen atoms in total. The van der Waals surface area contributed by atoms with E-state index >= 15 is 0 Å².